The lowest BCUT2D eigenvalue weighted by atomic mass is 9.82. The number of anilines is 3. The minimum atomic E-state index is -0.197. The van der Waals surface area contributed by atoms with Gasteiger partial charge in [-0.15, -0.1) is 22.7 Å². The van der Waals surface area contributed by atoms with E-state index >= 15 is 0 Å². The molecular formula is C64H43N7S2. The summed E-state index contributed by atoms with van der Waals surface area (Å²) < 4.78 is 4.72. The lowest BCUT2D eigenvalue weighted by molar-refractivity contribution is 0.661. The van der Waals surface area contributed by atoms with Crippen LogP contribution in [0.4, 0.5) is 16.4 Å². The first kappa shape index (κ1) is 42.9. The average molecular weight is 974 g/mol. The molecule has 0 aliphatic heterocycles. The van der Waals surface area contributed by atoms with Crippen LogP contribution in [0.15, 0.2) is 225 Å². The molecule has 6 aromatic heterocycles. The van der Waals surface area contributed by atoms with Crippen molar-refractivity contribution in [1.82, 2.24) is 29.5 Å². The van der Waals surface area contributed by atoms with Gasteiger partial charge in [0, 0.05) is 76.5 Å². The van der Waals surface area contributed by atoms with E-state index in [1.807, 2.05) is 84.4 Å². The Morgan fingerprint density at radius 1 is 0.425 bits per heavy atom. The van der Waals surface area contributed by atoms with E-state index in [9.17, 15) is 0 Å². The van der Waals surface area contributed by atoms with Crippen LogP contribution in [0.5, 0.6) is 0 Å². The second-order valence-electron chi connectivity index (χ2n) is 19.0. The van der Waals surface area contributed by atoms with Gasteiger partial charge in [-0.25, -0.2) is 4.98 Å². The summed E-state index contributed by atoms with van der Waals surface area (Å²) in [5.41, 5.74) is 16.2. The standard InChI is InChI=1S/C64H43N7S2/c1-64(2)51-26-10-9-25-47(51)48-36-50-49-35-44(29-30-55(49)71(56(50)37-52(48)64)63-68-61(40-17-5-3-6-18-40)67-62(69-63)41-19-7-4-8-20-41)57-38-58-59(72-57)39-60(73-58)70(45-23-15-21-42(33-45)53-27-11-13-31-65-53)46-24-16-22-43(34-46)54-28-12-14-32-66-54/h3-39H,1-2H3. The van der Waals surface area contributed by atoms with Crippen LogP contribution < -0.4 is 4.90 Å². The van der Waals surface area contributed by atoms with Gasteiger partial charge in [0.05, 0.1) is 22.4 Å². The summed E-state index contributed by atoms with van der Waals surface area (Å²) in [5, 5.41) is 3.43. The fourth-order valence-corrected chi connectivity index (χ4v) is 13.1. The number of thiophene rings is 2. The Bertz CT molecular complexity index is 4070. The molecule has 6 heterocycles. The van der Waals surface area contributed by atoms with E-state index in [0.717, 1.165) is 77.4 Å². The Kier molecular flexibility index (Phi) is 10.1. The van der Waals surface area contributed by atoms with Gasteiger partial charge < -0.3 is 4.90 Å². The molecule has 13 aromatic rings. The summed E-state index contributed by atoms with van der Waals surface area (Å²) in [7, 11) is 0. The molecule has 0 unspecified atom stereocenters. The van der Waals surface area contributed by atoms with Crippen LogP contribution in [0, 0.1) is 0 Å². The first-order valence-electron chi connectivity index (χ1n) is 24.4. The number of aromatic nitrogens is 6. The molecule has 9 heteroatoms. The maximum absolute atomic E-state index is 5.28. The number of fused-ring (bicyclic) bond motifs is 7. The molecule has 7 aromatic carbocycles. The summed E-state index contributed by atoms with van der Waals surface area (Å²) in [6, 6.07) is 75.1. The van der Waals surface area contributed by atoms with Gasteiger partial charge in [-0.3, -0.25) is 14.5 Å². The monoisotopic (exact) mass is 973 g/mol. The number of rotatable bonds is 9. The molecule has 0 atom stereocenters. The van der Waals surface area contributed by atoms with Crippen LogP contribution >= 0.6 is 22.7 Å². The van der Waals surface area contributed by atoms with Crippen LogP contribution in [-0.4, -0.2) is 29.5 Å². The number of hydrogen-bond acceptors (Lipinski definition) is 8. The zero-order chi connectivity index (χ0) is 48.6. The smallest absolute Gasteiger partial charge is 0.238 e. The molecule has 14 rings (SSSR count). The van der Waals surface area contributed by atoms with Gasteiger partial charge in [0.2, 0.25) is 5.95 Å². The zero-order valence-electron chi connectivity index (χ0n) is 39.8. The molecule has 0 saturated heterocycles. The van der Waals surface area contributed by atoms with Crippen molar-refractivity contribution in [2.45, 2.75) is 19.3 Å². The Morgan fingerprint density at radius 3 is 1.64 bits per heavy atom. The molecule has 0 bridgehead atoms. The first-order chi connectivity index (χ1) is 35.9. The van der Waals surface area contributed by atoms with Crippen LogP contribution in [0.3, 0.4) is 0 Å². The molecule has 0 N–H and O–H groups in total. The highest BCUT2D eigenvalue weighted by molar-refractivity contribution is 7.31. The highest BCUT2D eigenvalue weighted by Gasteiger charge is 2.36. The lowest BCUT2D eigenvalue weighted by Crippen LogP contribution is -2.15. The van der Waals surface area contributed by atoms with Crippen LogP contribution in [0.1, 0.15) is 25.0 Å². The van der Waals surface area contributed by atoms with E-state index in [2.05, 4.69) is 175 Å². The van der Waals surface area contributed by atoms with Crippen LogP contribution in [0.2, 0.25) is 0 Å². The van der Waals surface area contributed by atoms with Gasteiger partial charge in [0.1, 0.15) is 5.00 Å². The maximum Gasteiger partial charge on any atom is 0.238 e. The predicted molar refractivity (Wildman–Crippen MR) is 302 cm³/mol. The van der Waals surface area contributed by atoms with E-state index in [0.29, 0.717) is 17.6 Å². The van der Waals surface area contributed by atoms with Gasteiger partial charge in [-0.1, -0.05) is 141 Å². The number of nitrogens with zero attached hydrogens (tertiary/aromatic N) is 7. The quantitative estimate of drug-likeness (QED) is 0.143. The first-order valence-corrected chi connectivity index (χ1v) is 26.0. The maximum atomic E-state index is 5.28. The Morgan fingerprint density at radius 2 is 1.01 bits per heavy atom. The molecule has 0 saturated carbocycles. The van der Waals surface area contributed by atoms with Crippen molar-refractivity contribution < 1.29 is 0 Å². The fraction of sp³-hybridized carbons (Fsp3) is 0.0469. The highest BCUT2D eigenvalue weighted by atomic mass is 32.1. The normalized spacial score (nSPS) is 12.6. The van der Waals surface area contributed by atoms with E-state index in [4.69, 9.17) is 24.9 Å². The average Bonchev–Trinajstić information content (AvgIpc) is 4.18. The molecule has 7 nitrogen and oxygen atoms in total. The number of hydrogen-bond donors (Lipinski definition) is 0. The lowest BCUT2D eigenvalue weighted by Gasteiger charge is -2.24. The molecule has 0 fully saturated rings. The second-order valence-corrected chi connectivity index (χ2v) is 21.1. The molecule has 0 radical (unpaired) electrons. The van der Waals surface area contributed by atoms with Gasteiger partial charge in [0.15, 0.2) is 11.6 Å². The second kappa shape index (κ2) is 17.2. The van der Waals surface area contributed by atoms with Crippen LogP contribution in [0.25, 0.3) is 104 Å². The zero-order valence-corrected chi connectivity index (χ0v) is 41.4. The third-order valence-electron chi connectivity index (χ3n) is 14.2. The minimum Gasteiger partial charge on any atom is -0.302 e. The molecule has 0 amide bonds. The van der Waals surface area contributed by atoms with Gasteiger partial charge in [0.25, 0.3) is 0 Å². The van der Waals surface area contributed by atoms with Crippen molar-refractivity contribution in [3.05, 3.63) is 236 Å². The van der Waals surface area contributed by atoms with Gasteiger partial charge in [-0.2, -0.15) is 9.97 Å². The minimum absolute atomic E-state index is 0.197. The summed E-state index contributed by atoms with van der Waals surface area (Å²) >= 11 is 3.64. The predicted octanol–water partition coefficient (Wildman–Crippen LogP) is 17.1. The van der Waals surface area contributed by atoms with Crippen molar-refractivity contribution in [2.24, 2.45) is 0 Å². The molecule has 346 valence electrons. The molecule has 0 spiro atoms. The Balaban J connectivity index is 0.926. The number of benzene rings is 7. The molecule has 1 aliphatic rings. The van der Waals surface area contributed by atoms with Crippen molar-refractivity contribution in [3.8, 4) is 72.8 Å². The Hall–Kier alpha value is -8.89. The van der Waals surface area contributed by atoms with Crippen molar-refractivity contribution in [1.29, 1.82) is 0 Å². The summed E-state index contributed by atoms with van der Waals surface area (Å²) in [4.78, 5) is 28.6. The van der Waals surface area contributed by atoms with Gasteiger partial charge in [-0.05, 0) is 113 Å². The Labute approximate surface area is 430 Å². The highest BCUT2D eigenvalue weighted by Crippen LogP contribution is 2.52. The van der Waals surface area contributed by atoms with Gasteiger partial charge >= 0.3 is 0 Å². The topological polar surface area (TPSA) is 72.6 Å². The third kappa shape index (κ3) is 7.35. The summed E-state index contributed by atoms with van der Waals surface area (Å²) in [5.74, 6) is 1.84. The van der Waals surface area contributed by atoms with E-state index in [1.165, 1.54) is 36.5 Å². The fourth-order valence-electron chi connectivity index (χ4n) is 10.6. The summed E-state index contributed by atoms with van der Waals surface area (Å²) in [6.45, 7) is 4.68. The van der Waals surface area contributed by atoms with Crippen LogP contribution in [-0.2, 0) is 5.41 Å². The van der Waals surface area contributed by atoms with E-state index in [1.54, 1.807) is 11.3 Å². The largest absolute Gasteiger partial charge is 0.302 e. The molecule has 73 heavy (non-hydrogen) atoms. The van der Waals surface area contributed by atoms with Crippen molar-refractivity contribution in [2.75, 3.05) is 4.90 Å². The van der Waals surface area contributed by atoms with E-state index in [-0.39, 0.29) is 5.41 Å². The number of pyridine rings is 2. The van der Waals surface area contributed by atoms with E-state index < -0.39 is 0 Å². The SMILES string of the molecule is CC1(C)c2ccccc2-c2cc3c4cc(-c5cc6sc(N(c7cccc(-c8ccccn8)c7)c7cccc(-c8ccccn8)c7)cc6s5)ccc4n(-c4nc(-c5ccccc5)nc(-c5ccccc5)n4)c3cc21. The molecular weight excluding hydrogens is 931 g/mol. The third-order valence-corrected chi connectivity index (χ3v) is 16.5. The summed E-state index contributed by atoms with van der Waals surface area (Å²) in [6.07, 6.45) is 3.70. The van der Waals surface area contributed by atoms with Crippen molar-refractivity contribution >= 4 is 70.3 Å². The van der Waals surface area contributed by atoms with Crippen molar-refractivity contribution in [3.63, 3.8) is 0 Å². The molecule has 1 aliphatic carbocycles.